The van der Waals surface area contributed by atoms with Gasteiger partial charge < -0.3 is 15.1 Å². The van der Waals surface area contributed by atoms with Crippen LogP contribution >= 0.6 is 0 Å². The van der Waals surface area contributed by atoms with Gasteiger partial charge in [0.1, 0.15) is 0 Å². The summed E-state index contributed by atoms with van der Waals surface area (Å²) < 4.78 is 0. The van der Waals surface area contributed by atoms with Gasteiger partial charge in [-0.25, -0.2) is 0 Å². The third-order valence-electron chi connectivity index (χ3n) is 4.13. The molecule has 0 aromatic rings. The molecule has 2 unspecified atom stereocenters. The summed E-state index contributed by atoms with van der Waals surface area (Å²) in [5, 5.41) is 3.36. The minimum absolute atomic E-state index is 0.0636. The Morgan fingerprint density at radius 2 is 2.11 bits per heavy atom. The summed E-state index contributed by atoms with van der Waals surface area (Å²) in [6.07, 6.45) is 2.22. The van der Waals surface area contributed by atoms with E-state index in [0.29, 0.717) is 17.9 Å². The number of carbonyl (C=O) groups is 1. The zero-order chi connectivity index (χ0) is 13.1. The Kier molecular flexibility index (Phi) is 4.62. The summed E-state index contributed by atoms with van der Waals surface area (Å²) >= 11 is 0. The molecule has 0 aliphatic carbocycles. The van der Waals surface area contributed by atoms with Crippen molar-refractivity contribution in [2.45, 2.75) is 45.7 Å². The smallest absolute Gasteiger partial charge is 0.239 e. The topological polar surface area (TPSA) is 35.6 Å². The Hall–Kier alpha value is -0.610. The van der Waals surface area contributed by atoms with E-state index >= 15 is 0 Å². The molecule has 1 amide bonds. The summed E-state index contributed by atoms with van der Waals surface area (Å²) in [7, 11) is 0. The Labute approximate surface area is 111 Å². The van der Waals surface area contributed by atoms with Crippen molar-refractivity contribution in [3.8, 4) is 0 Å². The Morgan fingerprint density at radius 1 is 1.33 bits per heavy atom. The van der Waals surface area contributed by atoms with E-state index in [1.165, 1.54) is 19.5 Å². The predicted octanol–water partition coefficient (Wildman–Crippen LogP) is 0.927. The highest BCUT2D eigenvalue weighted by molar-refractivity contribution is 5.84. The lowest BCUT2D eigenvalue weighted by Crippen LogP contribution is -2.42. The van der Waals surface area contributed by atoms with Crippen LogP contribution in [0.25, 0.3) is 0 Å². The summed E-state index contributed by atoms with van der Waals surface area (Å²) in [4.78, 5) is 16.8. The second-order valence-electron chi connectivity index (χ2n) is 5.99. The quantitative estimate of drug-likeness (QED) is 0.791. The van der Waals surface area contributed by atoms with E-state index in [1.54, 1.807) is 0 Å². The number of hydrogen-bond acceptors (Lipinski definition) is 3. The van der Waals surface area contributed by atoms with Crippen molar-refractivity contribution in [3.63, 3.8) is 0 Å². The number of carbonyl (C=O) groups excluding carboxylic acids is 1. The molecule has 0 aromatic heterocycles. The highest BCUT2D eigenvalue weighted by Gasteiger charge is 2.34. The Morgan fingerprint density at radius 3 is 2.72 bits per heavy atom. The molecule has 18 heavy (non-hydrogen) atoms. The van der Waals surface area contributed by atoms with Gasteiger partial charge in [-0.1, -0.05) is 20.8 Å². The van der Waals surface area contributed by atoms with Crippen LogP contribution < -0.4 is 5.32 Å². The van der Waals surface area contributed by atoms with Crippen LogP contribution in [-0.4, -0.2) is 60.5 Å². The maximum absolute atomic E-state index is 12.2. The molecule has 2 aliphatic heterocycles. The van der Waals surface area contributed by atoms with E-state index < -0.39 is 0 Å². The molecule has 104 valence electrons. The monoisotopic (exact) mass is 253 g/mol. The van der Waals surface area contributed by atoms with E-state index in [-0.39, 0.29) is 6.04 Å². The minimum Gasteiger partial charge on any atom is -0.341 e. The van der Waals surface area contributed by atoms with Gasteiger partial charge in [-0.15, -0.1) is 0 Å². The van der Waals surface area contributed by atoms with Crippen molar-refractivity contribution < 1.29 is 4.79 Å². The number of hydrogen-bond donors (Lipinski definition) is 1. The third kappa shape index (κ3) is 3.23. The molecule has 4 heteroatoms. The van der Waals surface area contributed by atoms with Crippen molar-refractivity contribution in [3.05, 3.63) is 0 Å². The normalized spacial score (nSPS) is 29.8. The summed E-state index contributed by atoms with van der Waals surface area (Å²) in [5.41, 5.74) is 0. The number of nitrogens with zero attached hydrogens (tertiary/aromatic N) is 2. The van der Waals surface area contributed by atoms with E-state index in [1.807, 2.05) is 0 Å². The maximum atomic E-state index is 12.2. The van der Waals surface area contributed by atoms with Crippen molar-refractivity contribution in [1.82, 2.24) is 15.1 Å². The second kappa shape index (κ2) is 6.02. The lowest BCUT2D eigenvalue weighted by molar-refractivity contribution is -0.130. The lowest BCUT2D eigenvalue weighted by Gasteiger charge is -2.22. The molecule has 0 aromatic carbocycles. The van der Waals surface area contributed by atoms with E-state index in [4.69, 9.17) is 0 Å². The molecule has 1 N–H and O–H groups in total. The molecule has 2 atom stereocenters. The fraction of sp³-hybridized carbons (Fsp3) is 0.929. The van der Waals surface area contributed by atoms with Gasteiger partial charge in [-0.2, -0.15) is 0 Å². The minimum atomic E-state index is 0.0636. The molecule has 0 spiro atoms. The lowest BCUT2D eigenvalue weighted by atomic mass is 10.1. The van der Waals surface area contributed by atoms with Crippen LogP contribution in [0.15, 0.2) is 0 Å². The molecular formula is C14H27N3O. The van der Waals surface area contributed by atoms with E-state index in [9.17, 15) is 4.79 Å². The molecule has 2 aliphatic rings. The van der Waals surface area contributed by atoms with Crippen LogP contribution in [-0.2, 0) is 4.79 Å². The number of rotatable bonds is 5. The van der Waals surface area contributed by atoms with Gasteiger partial charge in [0.25, 0.3) is 0 Å². The van der Waals surface area contributed by atoms with Crippen molar-refractivity contribution in [2.24, 2.45) is 5.92 Å². The van der Waals surface area contributed by atoms with Crippen molar-refractivity contribution >= 4 is 5.91 Å². The molecule has 2 saturated heterocycles. The number of nitrogens with one attached hydrogen (secondary N) is 1. The fourth-order valence-corrected chi connectivity index (χ4v) is 3.14. The van der Waals surface area contributed by atoms with E-state index in [0.717, 1.165) is 26.1 Å². The van der Waals surface area contributed by atoms with Gasteiger partial charge in [-0.3, -0.25) is 4.79 Å². The Balaban J connectivity index is 1.79. The van der Waals surface area contributed by atoms with Crippen molar-refractivity contribution in [1.29, 1.82) is 0 Å². The van der Waals surface area contributed by atoms with Gasteiger partial charge >= 0.3 is 0 Å². The Bertz CT molecular complexity index is 293. The molecular weight excluding hydrogens is 226 g/mol. The summed E-state index contributed by atoms with van der Waals surface area (Å²) in [5.74, 6) is 1.00. The highest BCUT2D eigenvalue weighted by atomic mass is 16.2. The first-order chi connectivity index (χ1) is 8.60. The van der Waals surface area contributed by atoms with Gasteiger partial charge in [0.15, 0.2) is 0 Å². The standard InChI is InChI=1S/C14H27N3O/c1-4-16-7-5-12(9-16)10-17-8-6-13(14(17)18)15-11(2)3/h11-13,15H,4-10H2,1-3H3. The molecule has 2 rings (SSSR count). The van der Waals surface area contributed by atoms with Gasteiger partial charge in [-0.05, 0) is 31.8 Å². The molecule has 0 bridgehead atoms. The fourth-order valence-electron chi connectivity index (χ4n) is 3.14. The average Bonchev–Trinajstić information content (AvgIpc) is 2.90. The van der Waals surface area contributed by atoms with Crippen LogP contribution in [0.4, 0.5) is 0 Å². The predicted molar refractivity (Wildman–Crippen MR) is 73.5 cm³/mol. The second-order valence-corrected chi connectivity index (χ2v) is 5.99. The molecule has 2 heterocycles. The highest BCUT2D eigenvalue weighted by Crippen LogP contribution is 2.20. The largest absolute Gasteiger partial charge is 0.341 e. The number of likely N-dealkylation sites (tertiary alicyclic amines) is 2. The molecule has 4 nitrogen and oxygen atoms in total. The van der Waals surface area contributed by atoms with Crippen LogP contribution in [0.1, 0.15) is 33.6 Å². The number of amides is 1. The van der Waals surface area contributed by atoms with Gasteiger partial charge in [0, 0.05) is 25.7 Å². The zero-order valence-electron chi connectivity index (χ0n) is 12.0. The zero-order valence-corrected chi connectivity index (χ0v) is 12.0. The maximum Gasteiger partial charge on any atom is 0.239 e. The molecule has 2 fully saturated rings. The van der Waals surface area contributed by atoms with Gasteiger partial charge in [0.05, 0.1) is 6.04 Å². The van der Waals surface area contributed by atoms with Crippen LogP contribution in [0.5, 0.6) is 0 Å². The first-order valence-corrected chi connectivity index (χ1v) is 7.37. The molecule has 0 saturated carbocycles. The van der Waals surface area contributed by atoms with E-state index in [2.05, 4.69) is 35.9 Å². The van der Waals surface area contributed by atoms with Crippen LogP contribution in [0.3, 0.4) is 0 Å². The first-order valence-electron chi connectivity index (χ1n) is 7.37. The molecule has 0 radical (unpaired) electrons. The van der Waals surface area contributed by atoms with Crippen molar-refractivity contribution in [2.75, 3.05) is 32.7 Å². The summed E-state index contributed by atoms with van der Waals surface area (Å²) in [6.45, 7) is 11.8. The van der Waals surface area contributed by atoms with Gasteiger partial charge in [0.2, 0.25) is 5.91 Å². The first kappa shape index (κ1) is 13.8. The average molecular weight is 253 g/mol. The van der Waals surface area contributed by atoms with Crippen LogP contribution in [0, 0.1) is 5.92 Å². The van der Waals surface area contributed by atoms with Crippen LogP contribution in [0.2, 0.25) is 0 Å². The summed E-state index contributed by atoms with van der Waals surface area (Å²) in [6, 6.07) is 0.453. The third-order valence-corrected chi connectivity index (χ3v) is 4.13. The SMILES string of the molecule is CCN1CCC(CN2CCC(NC(C)C)C2=O)C1.